The topological polar surface area (TPSA) is 30.5 Å². The zero-order chi connectivity index (χ0) is 15.5. The van der Waals surface area contributed by atoms with E-state index in [1.54, 1.807) is 0 Å². The fraction of sp³-hybridized carbons (Fsp3) is 0.667. The van der Waals surface area contributed by atoms with E-state index in [0.29, 0.717) is 12.0 Å². The summed E-state index contributed by atoms with van der Waals surface area (Å²) in [5, 5.41) is 3.52. The highest BCUT2D eigenvalue weighted by molar-refractivity contribution is 5.48. The van der Waals surface area contributed by atoms with E-state index in [4.69, 9.17) is 9.47 Å². The predicted molar refractivity (Wildman–Crippen MR) is 87.2 cm³/mol. The van der Waals surface area contributed by atoms with Crippen molar-refractivity contribution in [3.8, 4) is 11.5 Å². The highest BCUT2D eigenvalue weighted by Gasteiger charge is 2.21. The van der Waals surface area contributed by atoms with Crippen LogP contribution >= 0.6 is 0 Å². The van der Waals surface area contributed by atoms with Crippen LogP contribution in [0.1, 0.15) is 52.2 Å². The molecule has 1 N–H and O–H groups in total. The zero-order valence-electron chi connectivity index (χ0n) is 14.1. The van der Waals surface area contributed by atoms with Crippen LogP contribution in [0.3, 0.4) is 0 Å². The zero-order valence-corrected chi connectivity index (χ0v) is 14.1. The number of benzene rings is 1. The highest BCUT2D eigenvalue weighted by Crippen LogP contribution is 2.35. The van der Waals surface area contributed by atoms with Crippen LogP contribution in [0.15, 0.2) is 12.1 Å². The first kappa shape index (κ1) is 16.2. The van der Waals surface area contributed by atoms with Crippen LogP contribution in [-0.2, 0) is 13.0 Å². The minimum atomic E-state index is 0.276. The second kappa shape index (κ2) is 6.69. The van der Waals surface area contributed by atoms with Gasteiger partial charge in [-0.25, -0.2) is 0 Å². The molecule has 1 unspecified atom stereocenters. The van der Waals surface area contributed by atoms with Gasteiger partial charge in [-0.1, -0.05) is 20.8 Å². The molecule has 0 radical (unpaired) electrons. The Kier molecular flexibility index (Phi) is 5.15. The molecule has 3 nitrogen and oxygen atoms in total. The van der Waals surface area contributed by atoms with Crippen molar-refractivity contribution < 1.29 is 9.47 Å². The van der Waals surface area contributed by atoms with E-state index >= 15 is 0 Å². The van der Waals surface area contributed by atoms with Crippen LogP contribution in [0.5, 0.6) is 11.5 Å². The van der Waals surface area contributed by atoms with E-state index in [2.05, 4.69) is 45.1 Å². The molecule has 0 saturated heterocycles. The van der Waals surface area contributed by atoms with Gasteiger partial charge in [-0.3, -0.25) is 0 Å². The minimum absolute atomic E-state index is 0.276. The molecule has 0 saturated carbocycles. The third kappa shape index (κ3) is 4.63. The van der Waals surface area contributed by atoms with Crippen LogP contribution in [0.4, 0.5) is 0 Å². The molecule has 0 fully saturated rings. The van der Waals surface area contributed by atoms with Gasteiger partial charge in [0.1, 0.15) is 17.6 Å². The maximum absolute atomic E-state index is 5.86. The fourth-order valence-electron chi connectivity index (χ4n) is 2.60. The molecule has 1 aromatic rings. The fourth-order valence-corrected chi connectivity index (χ4v) is 2.60. The van der Waals surface area contributed by atoms with E-state index in [9.17, 15) is 0 Å². The summed E-state index contributed by atoms with van der Waals surface area (Å²) in [5.41, 5.74) is 2.83. The highest BCUT2D eigenvalue weighted by atomic mass is 16.5. The number of hydrogen-bond donors (Lipinski definition) is 1. The molecule has 1 atom stereocenters. The molecule has 0 spiro atoms. The number of hydrogen-bond acceptors (Lipinski definition) is 3. The van der Waals surface area contributed by atoms with Gasteiger partial charge in [0.25, 0.3) is 0 Å². The summed E-state index contributed by atoms with van der Waals surface area (Å²) in [5.74, 6) is 2.02. The molecule has 3 heteroatoms. The van der Waals surface area contributed by atoms with Gasteiger partial charge < -0.3 is 14.8 Å². The van der Waals surface area contributed by atoms with Gasteiger partial charge in [-0.15, -0.1) is 0 Å². The van der Waals surface area contributed by atoms with Gasteiger partial charge in [-0.05, 0) is 44.4 Å². The van der Waals surface area contributed by atoms with E-state index in [1.807, 2.05) is 6.92 Å². The van der Waals surface area contributed by atoms with Crippen molar-refractivity contribution in [2.24, 2.45) is 5.41 Å². The Hall–Kier alpha value is -1.22. The van der Waals surface area contributed by atoms with Crippen LogP contribution in [-0.4, -0.2) is 19.3 Å². The minimum Gasteiger partial charge on any atom is -0.494 e. The van der Waals surface area contributed by atoms with Crippen LogP contribution < -0.4 is 14.8 Å². The van der Waals surface area contributed by atoms with Crippen LogP contribution in [0.25, 0.3) is 0 Å². The second-order valence-corrected chi connectivity index (χ2v) is 7.12. The first-order valence-electron chi connectivity index (χ1n) is 8.05. The standard InChI is InChI=1S/C18H29NO2/c1-6-20-16-10-14-9-13(2)21-17(14)11-15(16)12-19-8-7-18(3,4)5/h10-11,13,19H,6-9,12H2,1-5H3. The lowest BCUT2D eigenvalue weighted by Gasteiger charge is -2.19. The predicted octanol–water partition coefficient (Wildman–Crippen LogP) is 3.93. The van der Waals surface area contributed by atoms with Crippen molar-refractivity contribution in [1.29, 1.82) is 0 Å². The maximum Gasteiger partial charge on any atom is 0.124 e. The van der Waals surface area contributed by atoms with Crippen LogP contribution in [0, 0.1) is 5.41 Å². The molecule has 1 aliphatic rings. The third-order valence-electron chi connectivity index (χ3n) is 3.75. The Bertz CT molecular complexity index is 477. The SMILES string of the molecule is CCOc1cc2c(cc1CNCCC(C)(C)C)OC(C)C2. The number of ether oxygens (including phenoxy) is 2. The molecule has 0 aromatic heterocycles. The Morgan fingerprint density at radius 3 is 2.76 bits per heavy atom. The summed E-state index contributed by atoms with van der Waals surface area (Å²) < 4.78 is 11.7. The van der Waals surface area contributed by atoms with E-state index in [1.165, 1.54) is 11.1 Å². The second-order valence-electron chi connectivity index (χ2n) is 7.12. The Labute approximate surface area is 129 Å². The number of rotatable bonds is 6. The summed E-state index contributed by atoms with van der Waals surface area (Å²) >= 11 is 0. The summed E-state index contributed by atoms with van der Waals surface area (Å²) in [7, 11) is 0. The van der Waals surface area contributed by atoms with Gasteiger partial charge >= 0.3 is 0 Å². The van der Waals surface area contributed by atoms with Crippen molar-refractivity contribution in [3.63, 3.8) is 0 Å². The molecule has 1 aliphatic heterocycles. The molecule has 21 heavy (non-hydrogen) atoms. The van der Waals surface area contributed by atoms with Crippen molar-refractivity contribution in [2.45, 2.75) is 60.1 Å². The van der Waals surface area contributed by atoms with Crippen molar-refractivity contribution >= 4 is 0 Å². The molecule has 1 aromatic carbocycles. The van der Waals surface area contributed by atoms with Gasteiger partial charge in [-0.2, -0.15) is 0 Å². The average molecular weight is 291 g/mol. The normalized spacial score (nSPS) is 17.5. The first-order valence-corrected chi connectivity index (χ1v) is 8.05. The number of nitrogens with one attached hydrogen (secondary N) is 1. The van der Waals surface area contributed by atoms with Crippen molar-refractivity contribution in [2.75, 3.05) is 13.2 Å². The quantitative estimate of drug-likeness (QED) is 0.805. The third-order valence-corrected chi connectivity index (χ3v) is 3.75. The molecule has 0 amide bonds. The van der Waals surface area contributed by atoms with Crippen LogP contribution in [0.2, 0.25) is 0 Å². The molecular weight excluding hydrogens is 262 g/mol. The molecule has 0 bridgehead atoms. The first-order chi connectivity index (χ1) is 9.89. The number of fused-ring (bicyclic) bond motifs is 1. The average Bonchev–Trinajstić information content (AvgIpc) is 2.73. The van der Waals surface area contributed by atoms with Gasteiger partial charge in [0.2, 0.25) is 0 Å². The lowest BCUT2D eigenvalue weighted by atomic mass is 9.92. The smallest absolute Gasteiger partial charge is 0.124 e. The largest absolute Gasteiger partial charge is 0.494 e. The van der Waals surface area contributed by atoms with Crippen molar-refractivity contribution in [1.82, 2.24) is 5.32 Å². The van der Waals surface area contributed by atoms with E-state index < -0.39 is 0 Å². The molecular formula is C18H29NO2. The molecule has 0 aliphatic carbocycles. The van der Waals surface area contributed by atoms with Gasteiger partial charge in [0, 0.05) is 24.1 Å². The summed E-state index contributed by atoms with van der Waals surface area (Å²) in [6, 6.07) is 4.30. The Morgan fingerprint density at radius 1 is 1.33 bits per heavy atom. The van der Waals surface area contributed by atoms with Crippen molar-refractivity contribution in [3.05, 3.63) is 23.3 Å². The Balaban J connectivity index is 2.02. The molecule has 2 rings (SSSR count). The van der Waals surface area contributed by atoms with Gasteiger partial charge in [0.05, 0.1) is 6.61 Å². The molecule has 118 valence electrons. The lowest BCUT2D eigenvalue weighted by Crippen LogP contribution is -2.20. The van der Waals surface area contributed by atoms with E-state index in [0.717, 1.165) is 37.4 Å². The Morgan fingerprint density at radius 2 is 2.10 bits per heavy atom. The lowest BCUT2D eigenvalue weighted by molar-refractivity contribution is 0.254. The summed E-state index contributed by atoms with van der Waals surface area (Å²) in [6.07, 6.45) is 2.42. The summed E-state index contributed by atoms with van der Waals surface area (Å²) in [4.78, 5) is 0. The van der Waals surface area contributed by atoms with E-state index in [-0.39, 0.29) is 6.10 Å². The summed E-state index contributed by atoms with van der Waals surface area (Å²) in [6.45, 7) is 13.5. The monoisotopic (exact) mass is 291 g/mol. The maximum atomic E-state index is 5.86. The molecule has 1 heterocycles. The van der Waals surface area contributed by atoms with Gasteiger partial charge in [0.15, 0.2) is 0 Å².